The predicted molar refractivity (Wildman–Crippen MR) is 122 cm³/mol. The Morgan fingerprint density at radius 1 is 1.06 bits per heavy atom. The molecule has 0 atom stereocenters. The molecular weight excluding hydrogens is 428 g/mol. The SMILES string of the molecule is Cc1cnc(NS(=O)(=O)c2ccc(OC(C)C)cc2)c(C(=O)c2cc3ccccc3o2)c1. The maximum atomic E-state index is 13.2. The molecule has 2 aromatic heterocycles. The third-order valence-electron chi connectivity index (χ3n) is 4.66. The number of nitrogens with one attached hydrogen (secondary N) is 1. The number of carbonyl (C=O) groups excluding carboxylic acids is 1. The van der Waals surface area contributed by atoms with Crippen molar-refractivity contribution in [1.29, 1.82) is 0 Å². The fourth-order valence-corrected chi connectivity index (χ4v) is 4.24. The number of aromatic nitrogens is 1. The first-order chi connectivity index (χ1) is 15.2. The van der Waals surface area contributed by atoms with Gasteiger partial charge < -0.3 is 9.15 Å². The van der Waals surface area contributed by atoms with Gasteiger partial charge in [-0.25, -0.2) is 13.4 Å². The second-order valence-electron chi connectivity index (χ2n) is 7.63. The Labute approximate surface area is 186 Å². The van der Waals surface area contributed by atoms with Gasteiger partial charge in [0.15, 0.2) is 11.6 Å². The molecule has 4 rings (SSSR count). The monoisotopic (exact) mass is 450 g/mol. The van der Waals surface area contributed by atoms with Crippen LogP contribution in [0.15, 0.2) is 76.2 Å². The second kappa shape index (κ2) is 8.47. The number of hydrogen-bond acceptors (Lipinski definition) is 6. The second-order valence-corrected chi connectivity index (χ2v) is 9.31. The number of ether oxygens (including phenoxy) is 1. The fourth-order valence-electron chi connectivity index (χ4n) is 3.21. The third-order valence-corrected chi connectivity index (χ3v) is 6.01. The number of benzene rings is 2. The molecular formula is C24H22N2O5S. The van der Waals surface area contributed by atoms with E-state index in [1.54, 1.807) is 37.3 Å². The summed E-state index contributed by atoms with van der Waals surface area (Å²) in [6, 6.07) is 16.5. The minimum absolute atomic E-state index is 0.0260. The van der Waals surface area contributed by atoms with E-state index in [2.05, 4.69) is 9.71 Å². The Bertz CT molecular complexity index is 1360. The summed E-state index contributed by atoms with van der Waals surface area (Å²) in [5, 5.41) is 0.780. The first kappa shape index (κ1) is 21.6. The molecule has 4 aromatic rings. The van der Waals surface area contributed by atoms with Gasteiger partial charge in [0.05, 0.1) is 16.6 Å². The summed E-state index contributed by atoms with van der Waals surface area (Å²) in [4.78, 5) is 17.4. The van der Waals surface area contributed by atoms with E-state index in [0.29, 0.717) is 16.9 Å². The number of sulfonamides is 1. The molecule has 0 fully saturated rings. The van der Waals surface area contributed by atoms with E-state index in [4.69, 9.17) is 9.15 Å². The van der Waals surface area contributed by atoms with E-state index < -0.39 is 15.8 Å². The number of ketones is 1. The van der Waals surface area contributed by atoms with Crippen LogP contribution >= 0.6 is 0 Å². The van der Waals surface area contributed by atoms with Crippen LogP contribution in [0.2, 0.25) is 0 Å². The quantitative estimate of drug-likeness (QED) is 0.400. The number of anilines is 1. The highest BCUT2D eigenvalue weighted by atomic mass is 32.2. The van der Waals surface area contributed by atoms with Gasteiger partial charge in [-0.2, -0.15) is 0 Å². The van der Waals surface area contributed by atoms with Gasteiger partial charge >= 0.3 is 0 Å². The zero-order valence-electron chi connectivity index (χ0n) is 17.8. The number of hydrogen-bond donors (Lipinski definition) is 1. The van der Waals surface area contributed by atoms with E-state index in [0.717, 1.165) is 5.39 Å². The highest BCUT2D eigenvalue weighted by molar-refractivity contribution is 7.92. The lowest BCUT2D eigenvalue weighted by Gasteiger charge is -2.13. The number of aryl methyl sites for hydroxylation is 1. The average Bonchev–Trinajstić information content (AvgIpc) is 3.18. The number of fused-ring (bicyclic) bond motifs is 1. The molecule has 0 amide bonds. The number of carbonyl (C=O) groups is 1. The van der Waals surface area contributed by atoms with Crippen LogP contribution in [0.5, 0.6) is 5.75 Å². The molecule has 1 N–H and O–H groups in total. The summed E-state index contributed by atoms with van der Waals surface area (Å²) >= 11 is 0. The Morgan fingerprint density at radius 2 is 1.78 bits per heavy atom. The molecule has 0 aliphatic carbocycles. The lowest BCUT2D eigenvalue weighted by atomic mass is 10.1. The van der Waals surface area contributed by atoms with E-state index in [9.17, 15) is 13.2 Å². The maximum absolute atomic E-state index is 13.2. The Kier molecular flexibility index (Phi) is 5.71. The molecule has 164 valence electrons. The van der Waals surface area contributed by atoms with Gasteiger partial charge in [0.25, 0.3) is 10.0 Å². The lowest BCUT2D eigenvalue weighted by Crippen LogP contribution is -2.17. The zero-order valence-corrected chi connectivity index (χ0v) is 18.6. The highest BCUT2D eigenvalue weighted by Crippen LogP contribution is 2.26. The van der Waals surface area contributed by atoms with Gasteiger partial charge in [0, 0.05) is 11.6 Å². The molecule has 0 aliphatic rings. The molecule has 0 aliphatic heterocycles. The maximum Gasteiger partial charge on any atom is 0.263 e. The molecule has 7 nitrogen and oxygen atoms in total. The van der Waals surface area contributed by atoms with Crippen molar-refractivity contribution in [2.24, 2.45) is 0 Å². The van der Waals surface area contributed by atoms with Crippen LogP contribution in [0.3, 0.4) is 0 Å². The molecule has 2 aromatic carbocycles. The van der Waals surface area contributed by atoms with Gasteiger partial charge in [-0.3, -0.25) is 9.52 Å². The van der Waals surface area contributed by atoms with Gasteiger partial charge in [-0.15, -0.1) is 0 Å². The summed E-state index contributed by atoms with van der Waals surface area (Å²) in [5.74, 6) is 0.141. The van der Waals surface area contributed by atoms with Crippen molar-refractivity contribution in [2.75, 3.05) is 4.72 Å². The van der Waals surface area contributed by atoms with E-state index in [-0.39, 0.29) is 28.1 Å². The van der Waals surface area contributed by atoms with Crippen molar-refractivity contribution in [1.82, 2.24) is 4.98 Å². The number of pyridine rings is 1. The van der Waals surface area contributed by atoms with Gasteiger partial charge in [0.1, 0.15) is 11.3 Å². The van der Waals surface area contributed by atoms with Gasteiger partial charge in [-0.1, -0.05) is 18.2 Å². The molecule has 2 heterocycles. The zero-order chi connectivity index (χ0) is 22.9. The van der Waals surface area contributed by atoms with Crippen molar-refractivity contribution >= 4 is 32.6 Å². The topological polar surface area (TPSA) is 98.5 Å². The lowest BCUT2D eigenvalue weighted by molar-refractivity contribution is 0.101. The van der Waals surface area contributed by atoms with Crippen LogP contribution in [0, 0.1) is 6.92 Å². The van der Waals surface area contributed by atoms with Crippen molar-refractivity contribution in [2.45, 2.75) is 31.8 Å². The fraction of sp³-hybridized carbons (Fsp3) is 0.167. The molecule has 0 radical (unpaired) electrons. The summed E-state index contributed by atoms with van der Waals surface area (Å²) in [6.45, 7) is 5.54. The minimum atomic E-state index is -3.99. The molecule has 0 bridgehead atoms. The first-order valence-electron chi connectivity index (χ1n) is 10.0. The normalized spacial score (nSPS) is 11.6. The summed E-state index contributed by atoms with van der Waals surface area (Å²) in [7, 11) is -3.99. The van der Waals surface area contributed by atoms with Crippen LogP contribution in [0.4, 0.5) is 5.82 Å². The molecule has 32 heavy (non-hydrogen) atoms. The van der Waals surface area contributed by atoms with Crippen LogP contribution in [0.25, 0.3) is 11.0 Å². The van der Waals surface area contributed by atoms with E-state index in [1.807, 2.05) is 32.0 Å². The van der Waals surface area contributed by atoms with Crippen molar-refractivity contribution < 1.29 is 22.4 Å². The number of para-hydroxylation sites is 1. The Morgan fingerprint density at radius 3 is 2.47 bits per heavy atom. The number of furan rings is 1. The van der Waals surface area contributed by atoms with Crippen LogP contribution < -0.4 is 9.46 Å². The largest absolute Gasteiger partial charge is 0.491 e. The van der Waals surface area contributed by atoms with Crippen LogP contribution in [-0.2, 0) is 10.0 Å². The summed E-state index contributed by atoms with van der Waals surface area (Å²) < 4.78 is 39.5. The molecule has 0 saturated heterocycles. The van der Waals surface area contributed by atoms with Gasteiger partial charge in [-0.05, 0) is 68.8 Å². The molecule has 0 saturated carbocycles. The molecule has 8 heteroatoms. The summed E-state index contributed by atoms with van der Waals surface area (Å²) in [5.41, 5.74) is 1.39. The van der Waals surface area contributed by atoms with Crippen LogP contribution in [-0.4, -0.2) is 25.3 Å². The smallest absolute Gasteiger partial charge is 0.263 e. The first-order valence-corrected chi connectivity index (χ1v) is 11.5. The third kappa shape index (κ3) is 4.50. The number of nitrogens with zero attached hydrogens (tertiary/aromatic N) is 1. The highest BCUT2D eigenvalue weighted by Gasteiger charge is 2.23. The summed E-state index contributed by atoms with van der Waals surface area (Å²) in [6.07, 6.45) is 1.46. The van der Waals surface area contributed by atoms with Crippen molar-refractivity contribution in [3.63, 3.8) is 0 Å². The number of rotatable bonds is 7. The van der Waals surface area contributed by atoms with E-state index in [1.165, 1.54) is 18.3 Å². The standard InChI is InChI=1S/C24H22N2O5S/c1-15(2)30-18-8-10-19(11-9-18)32(28,29)26-24-20(12-16(3)14-25-24)23(27)22-13-17-6-4-5-7-21(17)31-22/h4-15H,1-3H3,(H,25,26). The van der Waals surface area contributed by atoms with Crippen molar-refractivity contribution in [3.05, 3.63) is 83.7 Å². The Hall–Kier alpha value is -3.65. The average molecular weight is 451 g/mol. The predicted octanol–water partition coefficient (Wildman–Crippen LogP) is 4.96. The van der Waals surface area contributed by atoms with Gasteiger partial charge in [0.2, 0.25) is 5.78 Å². The molecule has 0 unspecified atom stereocenters. The minimum Gasteiger partial charge on any atom is -0.491 e. The Balaban J connectivity index is 1.66. The molecule has 0 spiro atoms. The van der Waals surface area contributed by atoms with E-state index >= 15 is 0 Å². The van der Waals surface area contributed by atoms with Crippen molar-refractivity contribution in [3.8, 4) is 5.75 Å². The van der Waals surface area contributed by atoms with Crippen LogP contribution in [0.1, 0.15) is 35.5 Å².